The molecule has 1 heterocycles. The fourth-order valence-electron chi connectivity index (χ4n) is 2.31. The van der Waals surface area contributed by atoms with E-state index in [1.165, 1.54) is 0 Å². The maximum absolute atomic E-state index is 12.3. The van der Waals surface area contributed by atoms with E-state index in [1.54, 1.807) is 37.5 Å². The summed E-state index contributed by atoms with van der Waals surface area (Å²) in [5.41, 5.74) is 1.37. The highest BCUT2D eigenvalue weighted by Crippen LogP contribution is 2.28. The fourth-order valence-corrected chi connectivity index (χ4v) is 2.31. The molecule has 0 aromatic carbocycles. The lowest BCUT2D eigenvalue weighted by molar-refractivity contribution is 0.0265. The molecular formula is C13H19N3O2. The normalized spacial score (nSPS) is 22.2. The van der Waals surface area contributed by atoms with Crippen molar-refractivity contribution in [2.45, 2.75) is 18.9 Å². The van der Waals surface area contributed by atoms with Gasteiger partial charge in [0.25, 0.3) is 5.91 Å². The summed E-state index contributed by atoms with van der Waals surface area (Å²) in [4.78, 5) is 18.0. The summed E-state index contributed by atoms with van der Waals surface area (Å²) in [6.45, 7) is 0.688. The average Bonchev–Trinajstić information content (AvgIpc) is 2.35. The summed E-state index contributed by atoms with van der Waals surface area (Å²) in [5.74, 6) is 0.387. The Morgan fingerprint density at radius 1 is 1.61 bits per heavy atom. The first-order valence-corrected chi connectivity index (χ1v) is 6.17. The Labute approximate surface area is 107 Å². The van der Waals surface area contributed by atoms with Crippen molar-refractivity contribution in [1.29, 1.82) is 0 Å². The van der Waals surface area contributed by atoms with E-state index in [9.17, 15) is 9.90 Å². The van der Waals surface area contributed by atoms with Crippen molar-refractivity contribution >= 4 is 11.6 Å². The number of nitrogens with one attached hydrogen (secondary N) is 1. The second kappa shape index (κ2) is 5.35. The predicted octanol–water partition coefficient (Wildman–Crippen LogP) is 0.966. The quantitative estimate of drug-likeness (QED) is 0.834. The van der Waals surface area contributed by atoms with Crippen LogP contribution in [0.25, 0.3) is 0 Å². The Morgan fingerprint density at radius 2 is 2.33 bits per heavy atom. The minimum absolute atomic E-state index is 0.0335. The van der Waals surface area contributed by atoms with Crippen molar-refractivity contribution in [3.63, 3.8) is 0 Å². The fraction of sp³-hybridized carbons (Fsp3) is 0.538. The zero-order chi connectivity index (χ0) is 13.1. The number of anilines is 1. The van der Waals surface area contributed by atoms with Crippen LogP contribution in [0.2, 0.25) is 0 Å². The maximum Gasteiger partial charge on any atom is 0.257 e. The second-order valence-electron chi connectivity index (χ2n) is 4.85. The number of carbonyl (C=O) groups excluding carboxylic acids is 1. The summed E-state index contributed by atoms with van der Waals surface area (Å²) in [7, 11) is 3.58. The Morgan fingerprint density at radius 3 is 2.94 bits per heavy atom. The van der Waals surface area contributed by atoms with Crippen LogP contribution >= 0.6 is 0 Å². The minimum atomic E-state index is -0.176. The molecule has 5 nitrogen and oxygen atoms in total. The summed E-state index contributed by atoms with van der Waals surface area (Å²) < 4.78 is 0. The van der Waals surface area contributed by atoms with Crippen molar-refractivity contribution in [3.05, 3.63) is 24.0 Å². The first-order chi connectivity index (χ1) is 8.61. The largest absolute Gasteiger partial charge is 0.393 e. The highest BCUT2D eigenvalue weighted by atomic mass is 16.3. The van der Waals surface area contributed by atoms with Crippen LogP contribution in [-0.4, -0.2) is 47.6 Å². The SMILES string of the molecule is CNc1ccncc1C(=O)N(C)CC1CC(O)C1. The van der Waals surface area contributed by atoms with Gasteiger partial charge in [0.1, 0.15) is 0 Å². The summed E-state index contributed by atoms with van der Waals surface area (Å²) in [6.07, 6.45) is 4.66. The van der Waals surface area contributed by atoms with Gasteiger partial charge in [0.05, 0.1) is 11.7 Å². The number of nitrogens with zero attached hydrogens (tertiary/aromatic N) is 2. The van der Waals surface area contributed by atoms with Gasteiger partial charge in [0.15, 0.2) is 0 Å². The highest BCUT2D eigenvalue weighted by Gasteiger charge is 2.29. The van der Waals surface area contributed by atoms with Crippen LogP contribution in [0.15, 0.2) is 18.5 Å². The number of hydrogen-bond donors (Lipinski definition) is 2. The molecule has 1 aliphatic rings. The molecule has 1 fully saturated rings. The van der Waals surface area contributed by atoms with Crippen LogP contribution in [0.1, 0.15) is 23.2 Å². The number of aliphatic hydroxyl groups is 1. The molecule has 5 heteroatoms. The van der Waals surface area contributed by atoms with Gasteiger partial charge in [0, 0.05) is 38.7 Å². The summed E-state index contributed by atoms with van der Waals surface area (Å²) >= 11 is 0. The summed E-state index contributed by atoms with van der Waals surface area (Å²) in [5, 5.41) is 12.2. The lowest BCUT2D eigenvalue weighted by Crippen LogP contribution is -2.39. The molecule has 0 radical (unpaired) electrons. The Kier molecular flexibility index (Phi) is 3.81. The molecule has 18 heavy (non-hydrogen) atoms. The van der Waals surface area contributed by atoms with Gasteiger partial charge in [0.2, 0.25) is 0 Å². The molecule has 1 aromatic rings. The molecule has 0 atom stereocenters. The number of pyridine rings is 1. The van der Waals surface area contributed by atoms with Gasteiger partial charge in [-0.1, -0.05) is 0 Å². The van der Waals surface area contributed by atoms with E-state index in [4.69, 9.17) is 0 Å². The lowest BCUT2D eigenvalue weighted by atomic mass is 9.82. The number of aliphatic hydroxyl groups excluding tert-OH is 1. The van der Waals surface area contributed by atoms with Crippen LogP contribution in [0.4, 0.5) is 5.69 Å². The molecule has 0 spiro atoms. The number of aromatic nitrogens is 1. The monoisotopic (exact) mass is 249 g/mol. The van der Waals surface area contributed by atoms with E-state index in [0.717, 1.165) is 18.5 Å². The average molecular weight is 249 g/mol. The molecule has 1 saturated carbocycles. The molecular weight excluding hydrogens is 230 g/mol. The van der Waals surface area contributed by atoms with Gasteiger partial charge in [-0.25, -0.2) is 0 Å². The molecule has 0 aliphatic heterocycles. The topological polar surface area (TPSA) is 65.5 Å². The Hall–Kier alpha value is -1.62. The van der Waals surface area contributed by atoms with Gasteiger partial charge in [-0.3, -0.25) is 9.78 Å². The zero-order valence-corrected chi connectivity index (χ0v) is 10.8. The third-order valence-corrected chi connectivity index (χ3v) is 3.41. The molecule has 0 saturated heterocycles. The van der Waals surface area contributed by atoms with Crippen LogP contribution in [0.5, 0.6) is 0 Å². The van der Waals surface area contributed by atoms with E-state index >= 15 is 0 Å². The Bertz CT molecular complexity index is 430. The summed E-state index contributed by atoms with van der Waals surface area (Å²) in [6, 6.07) is 1.79. The zero-order valence-electron chi connectivity index (χ0n) is 10.8. The van der Waals surface area contributed by atoms with E-state index in [2.05, 4.69) is 10.3 Å². The number of amides is 1. The maximum atomic E-state index is 12.3. The predicted molar refractivity (Wildman–Crippen MR) is 69.5 cm³/mol. The molecule has 2 rings (SSSR count). The van der Waals surface area contributed by atoms with Gasteiger partial charge in [-0.2, -0.15) is 0 Å². The Balaban J connectivity index is 2.01. The molecule has 98 valence electrons. The standard InChI is InChI=1S/C13H19N3O2/c1-14-12-3-4-15-7-11(12)13(18)16(2)8-9-5-10(17)6-9/h3-4,7,9-10,17H,5-6,8H2,1-2H3,(H,14,15). The molecule has 2 N–H and O–H groups in total. The number of hydrogen-bond acceptors (Lipinski definition) is 4. The van der Waals surface area contributed by atoms with Gasteiger partial charge < -0.3 is 15.3 Å². The van der Waals surface area contributed by atoms with Crippen molar-refractivity contribution in [1.82, 2.24) is 9.88 Å². The van der Waals surface area contributed by atoms with E-state index in [0.29, 0.717) is 18.0 Å². The molecule has 0 bridgehead atoms. The third kappa shape index (κ3) is 2.61. The van der Waals surface area contributed by atoms with E-state index < -0.39 is 0 Å². The van der Waals surface area contributed by atoms with Crippen LogP contribution in [0.3, 0.4) is 0 Å². The number of carbonyl (C=O) groups is 1. The molecule has 1 amide bonds. The first kappa shape index (κ1) is 12.8. The molecule has 1 aliphatic carbocycles. The van der Waals surface area contributed by atoms with Crippen molar-refractivity contribution in [3.8, 4) is 0 Å². The van der Waals surface area contributed by atoms with Gasteiger partial charge in [-0.05, 0) is 24.8 Å². The molecule has 1 aromatic heterocycles. The van der Waals surface area contributed by atoms with Crippen molar-refractivity contribution < 1.29 is 9.90 Å². The second-order valence-corrected chi connectivity index (χ2v) is 4.85. The number of rotatable bonds is 4. The van der Waals surface area contributed by atoms with Crippen LogP contribution in [-0.2, 0) is 0 Å². The van der Waals surface area contributed by atoms with Crippen molar-refractivity contribution in [2.24, 2.45) is 5.92 Å². The van der Waals surface area contributed by atoms with Gasteiger partial charge >= 0.3 is 0 Å². The van der Waals surface area contributed by atoms with Gasteiger partial charge in [-0.15, -0.1) is 0 Å². The minimum Gasteiger partial charge on any atom is -0.393 e. The first-order valence-electron chi connectivity index (χ1n) is 6.17. The van der Waals surface area contributed by atoms with Crippen LogP contribution in [0, 0.1) is 5.92 Å². The molecule has 0 unspecified atom stereocenters. The smallest absolute Gasteiger partial charge is 0.257 e. The van der Waals surface area contributed by atoms with E-state index in [-0.39, 0.29) is 12.0 Å². The third-order valence-electron chi connectivity index (χ3n) is 3.41. The lowest BCUT2D eigenvalue weighted by Gasteiger charge is -2.34. The van der Waals surface area contributed by atoms with Crippen molar-refractivity contribution in [2.75, 3.05) is 26.0 Å². The van der Waals surface area contributed by atoms with E-state index in [1.807, 2.05) is 0 Å². The van der Waals surface area contributed by atoms with Crippen LogP contribution < -0.4 is 5.32 Å². The highest BCUT2D eigenvalue weighted by molar-refractivity contribution is 5.99.